The van der Waals surface area contributed by atoms with Crippen molar-refractivity contribution in [3.8, 4) is 5.69 Å². The van der Waals surface area contributed by atoms with Crippen molar-refractivity contribution < 1.29 is 9.90 Å². The number of carboxylic acids is 1. The van der Waals surface area contributed by atoms with Crippen LogP contribution in [-0.4, -0.2) is 26.1 Å². The SMILES string of the molecule is Cc1c(C(=O)O)nnn1-c1ccc(C(C)(C)C)cc1. The first-order chi connectivity index (χ1) is 8.80. The molecule has 1 N–H and O–H groups in total. The molecule has 1 aromatic heterocycles. The molecule has 0 unspecified atom stereocenters. The van der Waals surface area contributed by atoms with Crippen LogP contribution < -0.4 is 0 Å². The molecule has 0 atom stereocenters. The minimum Gasteiger partial charge on any atom is -0.476 e. The molecule has 0 saturated carbocycles. The van der Waals surface area contributed by atoms with Crippen LogP contribution in [0.3, 0.4) is 0 Å². The molecule has 0 amide bonds. The van der Waals surface area contributed by atoms with Crippen LogP contribution in [0.4, 0.5) is 0 Å². The van der Waals surface area contributed by atoms with Crippen LogP contribution in [0, 0.1) is 6.92 Å². The van der Waals surface area contributed by atoms with Crippen molar-refractivity contribution in [1.82, 2.24) is 15.0 Å². The molecule has 1 aromatic carbocycles. The molecule has 19 heavy (non-hydrogen) atoms. The Morgan fingerprint density at radius 1 is 1.21 bits per heavy atom. The second kappa shape index (κ2) is 4.50. The highest BCUT2D eigenvalue weighted by Crippen LogP contribution is 2.23. The van der Waals surface area contributed by atoms with Gasteiger partial charge in [0.1, 0.15) is 0 Å². The second-order valence-corrected chi connectivity index (χ2v) is 5.54. The van der Waals surface area contributed by atoms with Gasteiger partial charge in [-0.05, 0) is 30.0 Å². The Balaban J connectivity index is 2.41. The summed E-state index contributed by atoms with van der Waals surface area (Å²) in [5.41, 5.74) is 2.62. The molecule has 100 valence electrons. The van der Waals surface area contributed by atoms with Gasteiger partial charge in [0.05, 0.1) is 11.4 Å². The van der Waals surface area contributed by atoms with Crippen LogP contribution >= 0.6 is 0 Å². The van der Waals surface area contributed by atoms with Crippen molar-refractivity contribution >= 4 is 5.97 Å². The quantitative estimate of drug-likeness (QED) is 0.900. The van der Waals surface area contributed by atoms with Crippen LogP contribution in [0.5, 0.6) is 0 Å². The zero-order chi connectivity index (χ0) is 14.2. The molecule has 0 bridgehead atoms. The van der Waals surface area contributed by atoms with E-state index in [1.807, 2.05) is 24.3 Å². The third-order valence-corrected chi connectivity index (χ3v) is 3.08. The lowest BCUT2D eigenvalue weighted by atomic mass is 9.87. The summed E-state index contributed by atoms with van der Waals surface area (Å²) in [5, 5.41) is 16.5. The number of aromatic nitrogens is 3. The highest BCUT2D eigenvalue weighted by Gasteiger charge is 2.17. The fourth-order valence-corrected chi connectivity index (χ4v) is 1.87. The van der Waals surface area contributed by atoms with E-state index in [2.05, 4.69) is 31.1 Å². The molecule has 0 aliphatic heterocycles. The standard InChI is InChI=1S/C14H17N3O2/c1-9-12(13(18)19)15-16-17(9)11-7-5-10(6-8-11)14(2,3)4/h5-8H,1-4H3,(H,18,19). The fourth-order valence-electron chi connectivity index (χ4n) is 1.87. The van der Waals surface area contributed by atoms with E-state index in [9.17, 15) is 4.79 Å². The first kappa shape index (κ1) is 13.3. The number of rotatable bonds is 2. The van der Waals surface area contributed by atoms with Crippen LogP contribution in [0.2, 0.25) is 0 Å². The average molecular weight is 259 g/mol. The number of hydrogen-bond donors (Lipinski definition) is 1. The number of hydrogen-bond acceptors (Lipinski definition) is 3. The Labute approximate surface area is 111 Å². The van der Waals surface area contributed by atoms with Crippen LogP contribution in [0.15, 0.2) is 24.3 Å². The maximum atomic E-state index is 10.9. The summed E-state index contributed by atoms with van der Waals surface area (Å²) in [6, 6.07) is 7.90. The van der Waals surface area contributed by atoms with Gasteiger partial charge in [0.2, 0.25) is 0 Å². The van der Waals surface area contributed by atoms with Gasteiger partial charge in [0, 0.05) is 0 Å². The average Bonchev–Trinajstić information content (AvgIpc) is 2.70. The summed E-state index contributed by atoms with van der Waals surface area (Å²) in [6.45, 7) is 8.13. The van der Waals surface area contributed by atoms with Crippen molar-refractivity contribution in [2.24, 2.45) is 0 Å². The van der Waals surface area contributed by atoms with E-state index in [1.54, 1.807) is 6.92 Å². The second-order valence-electron chi connectivity index (χ2n) is 5.54. The Hall–Kier alpha value is -2.17. The molecule has 5 nitrogen and oxygen atoms in total. The molecule has 0 aliphatic rings. The summed E-state index contributed by atoms with van der Waals surface area (Å²) < 4.78 is 1.54. The van der Waals surface area contributed by atoms with E-state index < -0.39 is 5.97 Å². The molecule has 0 radical (unpaired) electrons. The van der Waals surface area contributed by atoms with Gasteiger partial charge in [-0.25, -0.2) is 9.48 Å². The monoisotopic (exact) mass is 259 g/mol. The number of carboxylic acid groups (broad SMARTS) is 1. The lowest BCUT2D eigenvalue weighted by Crippen LogP contribution is -2.11. The normalized spacial score (nSPS) is 11.6. The van der Waals surface area contributed by atoms with E-state index in [0.29, 0.717) is 5.69 Å². The number of aromatic carboxylic acids is 1. The summed E-state index contributed by atoms with van der Waals surface area (Å²) in [6.07, 6.45) is 0. The third kappa shape index (κ3) is 2.50. The van der Waals surface area contributed by atoms with Gasteiger partial charge in [-0.1, -0.05) is 38.1 Å². The molecule has 0 aliphatic carbocycles. The predicted molar refractivity (Wildman–Crippen MR) is 71.8 cm³/mol. The molecule has 5 heteroatoms. The third-order valence-electron chi connectivity index (χ3n) is 3.08. The summed E-state index contributed by atoms with van der Waals surface area (Å²) in [7, 11) is 0. The van der Waals surface area contributed by atoms with Crippen molar-refractivity contribution in [2.45, 2.75) is 33.1 Å². The van der Waals surface area contributed by atoms with Gasteiger partial charge in [-0.3, -0.25) is 0 Å². The first-order valence-corrected chi connectivity index (χ1v) is 6.07. The van der Waals surface area contributed by atoms with E-state index >= 15 is 0 Å². The minimum atomic E-state index is -1.06. The zero-order valence-electron chi connectivity index (χ0n) is 11.5. The molecule has 2 rings (SSSR count). The van der Waals surface area contributed by atoms with Gasteiger partial charge in [-0.2, -0.15) is 0 Å². The molecule has 2 aromatic rings. The fraction of sp³-hybridized carbons (Fsp3) is 0.357. The number of benzene rings is 1. The van der Waals surface area contributed by atoms with Crippen molar-refractivity contribution in [3.05, 3.63) is 41.2 Å². The molecule has 0 spiro atoms. The van der Waals surface area contributed by atoms with E-state index in [0.717, 1.165) is 5.69 Å². The molecule has 0 saturated heterocycles. The molecule has 1 heterocycles. The molecule has 0 fully saturated rings. The Kier molecular flexibility index (Phi) is 3.14. The van der Waals surface area contributed by atoms with Gasteiger partial charge in [-0.15, -0.1) is 5.10 Å². The first-order valence-electron chi connectivity index (χ1n) is 6.07. The Morgan fingerprint density at radius 2 is 1.79 bits per heavy atom. The van der Waals surface area contributed by atoms with E-state index in [-0.39, 0.29) is 11.1 Å². The van der Waals surface area contributed by atoms with Crippen LogP contribution in [0.25, 0.3) is 5.69 Å². The predicted octanol–water partition coefficient (Wildman–Crippen LogP) is 2.57. The van der Waals surface area contributed by atoms with Gasteiger partial charge >= 0.3 is 5.97 Å². The molecular formula is C14H17N3O2. The van der Waals surface area contributed by atoms with Gasteiger partial charge in [0.25, 0.3) is 0 Å². The highest BCUT2D eigenvalue weighted by atomic mass is 16.4. The number of carbonyl (C=O) groups is 1. The van der Waals surface area contributed by atoms with Crippen LogP contribution in [-0.2, 0) is 5.41 Å². The number of nitrogens with zero attached hydrogens (tertiary/aromatic N) is 3. The van der Waals surface area contributed by atoms with E-state index in [4.69, 9.17) is 5.11 Å². The topological polar surface area (TPSA) is 68.0 Å². The lowest BCUT2D eigenvalue weighted by molar-refractivity contribution is 0.0689. The summed E-state index contributed by atoms with van der Waals surface area (Å²) in [5.74, 6) is -1.06. The van der Waals surface area contributed by atoms with Gasteiger partial charge in [0.15, 0.2) is 5.69 Å². The molecular weight excluding hydrogens is 242 g/mol. The maximum Gasteiger partial charge on any atom is 0.358 e. The Bertz CT molecular complexity index is 607. The largest absolute Gasteiger partial charge is 0.476 e. The summed E-state index contributed by atoms with van der Waals surface area (Å²) >= 11 is 0. The summed E-state index contributed by atoms with van der Waals surface area (Å²) in [4.78, 5) is 10.9. The smallest absolute Gasteiger partial charge is 0.358 e. The zero-order valence-corrected chi connectivity index (χ0v) is 11.5. The van der Waals surface area contributed by atoms with Crippen molar-refractivity contribution in [1.29, 1.82) is 0 Å². The van der Waals surface area contributed by atoms with E-state index in [1.165, 1.54) is 10.2 Å². The lowest BCUT2D eigenvalue weighted by Gasteiger charge is -2.19. The van der Waals surface area contributed by atoms with Crippen molar-refractivity contribution in [2.75, 3.05) is 0 Å². The van der Waals surface area contributed by atoms with Gasteiger partial charge < -0.3 is 5.11 Å². The maximum absolute atomic E-state index is 10.9. The van der Waals surface area contributed by atoms with Crippen LogP contribution in [0.1, 0.15) is 42.5 Å². The minimum absolute atomic E-state index is 0.0140. The highest BCUT2D eigenvalue weighted by molar-refractivity contribution is 5.86. The van der Waals surface area contributed by atoms with Crippen molar-refractivity contribution in [3.63, 3.8) is 0 Å². The Morgan fingerprint density at radius 3 is 2.21 bits per heavy atom.